The maximum absolute atomic E-state index is 12.8. The van der Waals surface area contributed by atoms with Crippen LogP contribution in [0.5, 0.6) is 0 Å². The Kier molecular flexibility index (Phi) is 3.80. The lowest BCUT2D eigenvalue weighted by Gasteiger charge is -2.22. The molecule has 5 nitrogen and oxygen atoms in total. The summed E-state index contributed by atoms with van der Waals surface area (Å²) in [5, 5.41) is 9.54. The molecule has 0 aromatic heterocycles. The number of fused-ring (bicyclic) bond motifs is 2. The number of carbonyl (C=O) groups is 1. The summed E-state index contributed by atoms with van der Waals surface area (Å²) in [4.78, 5) is 11.4. The molecule has 2 bridgehead atoms. The quantitative estimate of drug-likeness (QED) is 0.855. The number of nitrogens with zero attached hydrogens (tertiary/aromatic N) is 1. The van der Waals surface area contributed by atoms with E-state index in [9.17, 15) is 18.3 Å². The van der Waals surface area contributed by atoms with Crippen LogP contribution in [0.3, 0.4) is 0 Å². The Morgan fingerprint density at radius 1 is 1.38 bits per heavy atom. The van der Waals surface area contributed by atoms with Gasteiger partial charge in [0.05, 0.1) is 15.8 Å². The van der Waals surface area contributed by atoms with Gasteiger partial charge < -0.3 is 5.11 Å². The Bertz CT molecular complexity index is 708. The lowest BCUT2D eigenvalue weighted by Crippen LogP contribution is -2.37. The molecule has 1 N–H and O–H groups in total. The Balaban J connectivity index is 1.99. The van der Waals surface area contributed by atoms with Crippen molar-refractivity contribution in [3.8, 4) is 0 Å². The number of carboxylic acid groups (broad SMARTS) is 1. The molecule has 2 aliphatic heterocycles. The zero-order valence-corrected chi connectivity index (χ0v) is 14.0. The van der Waals surface area contributed by atoms with Crippen molar-refractivity contribution in [1.29, 1.82) is 0 Å². The second kappa shape index (κ2) is 5.22. The highest BCUT2D eigenvalue weighted by atomic mass is 79.9. The number of hydrogen-bond acceptors (Lipinski definition) is 3. The van der Waals surface area contributed by atoms with E-state index in [1.807, 2.05) is 0 Å². The van der Waals surface area contributed by atoms with Gasteiger partial charge in [0.2, 0.25) is 10.0 Å². The second-order valence-corrected chi connectivity index (χ2v) is 8.49. The molecule has 21 heavy (non-hydrogen) atoms. The average Bonchev–Trinajstić information content (AvgIpc) is 3.00. The standard InChI is InChI=1S/C13H13BrClNO4S/c14-10-3-2-8(6-11(10)15)21(19,20)16-7-1-4-12(16)9(5-7)13(17)18/h2-3,6-7,9,12H,1,4-5H2,(H,17,18). The molecule has 0 amide bonds. The molecule has 3 rings (SSSR count). The van der Waals surface area contributed by atoms with Crippen molar-refractivity contribution >= 4 is 43.5 Å². The Morgan fingerprint density at radius 3 is 2.67 bits per heavy atom. The Hall–Kier alpha value is -0.630. The van der Waals surface area contributed by atoms with Gasteiger partial charge in [-0.2, -0.15) is 4.31 Å². The number of aliphatic carboxylic acids is 1. The van der Waals surface area contributed by atoms with E-state index in [0.29, 0.717) is 22.3 Å². The number of hydrogen-bond donors (Lipinski definition) is 1. The minimum atomic E-state index is -3.72. The predicted octanol–water partition coefficient (Wildman–Crippen LogP) is 2.73. The first-order valence-electron chi connectivity index (χ1n) is 6.54. The van der Waals surface area contributed by atoms with Gasteiger partial charge in [0.15, 0.2) is 0 Å². The first-order valence-corrected chi connectivity index (χ1v) is 9.15. The second-order valence-electron chi connectivity index (χ2n) is 5.39. The third kappa shape index (κ3) is 2.40. The molecule has 3 atom stereocenters. The van der Waals surface area contributed by atoms with Gasteiger partial charge in [0.1, 0.15) is 0 Å². The first kappa shape index (κ1) is 15.3. The smallest absolute Gasteiger partial charge is 0.308 e. The highest BCUT2D eigenvalue weighted by Gasteiger charge is 2.54. The van der Waals surface area contributed by atoms with Crippen LogP contribution in [0.25, 0.3) is 0 Å². The van der Waals surface area contributed by atoms with E-state index in [1.54, 1.807) is 6.07 Å². The third-order valence-corrected chi connectivity index (χ3v) is 7.46. The number of carboxylic acids is 1. The van der Waals surface area contributed by atoms with Crippen LogP contribution in [0.1, 0.15) is 19.3 Å². The van der Waals surface area contributed by atoms with E-state index >= 15 is 0 Å². The highest BCUT2D eigenvalue weighted by Crippen LogP contribution is 2.45. The van der Waals surface area contributed by atoms with Crippen molar-refractivity contribution in [2.24, 2.45) is 5.92 Å². The summed E-state index contributed by atoms with van der Waals surface area (Å²) in [5.74, 6) is -1.53. The number of halogens is 2. The summed E-state index contributed by atoms with van der Waals surface area (Å²) in [5.41, 5.74) is 0. The van der Waals surface area contributed by atoms with Crippen LogP contribution in [-0.4, -0.2) is 35.9 Å². The molecular formula is C13H13BrClNO4S. The lowest BCUT2D eigenvalue weighted by molar-refractivity contribution is -0.142. The van der Waals surface area contributed by atoms with Crippen molar-refractivity contribution in [2.75, 3.05) is 0 Å². The van der Waals surface area contributed by atoms with Crippen LogP contribution in [0, 0.1) is 5.92 Å². The monoisotopic (exact) mass is 393 g/mol. The molecule has 2 aliphatic rings. The normalized spacial score (nSPS) is 29.0. The summed E-state index contributed by atoms with van der Waals surface area (Å²) in [6, 6.07) is 3.80. The average molecular weight is 395 g/mol. The van der Waals surface area contributed by atoms with Crippen molar-refractivity contribution in [3.05, 3.63) is 27.7 Å². The van der Waals surface area contributed by atoms with Crippen LogP contribution >= 0.6 is 27.5 Å². The number of benzene rings is 1. The van der Waals surface area contributed by atoms with Crippen LogP contribution in [0.4, 0.5) is 0 Å². The van der Waals surface area contributed by atoms with E-state index in [4.69, 9.17) is 11.6 Å². The van der Waals surface area contributed by atoms with Gasteiger partial charge in [0, 0.05) is 16.6 Å². The van der Waals surface area contributed by atoms with Gasteiger partial charge in [-0.25, -0.2) is 8.42 Å². The molecule has 2 fully saturated rings. The number of rotatable bonds is 3. The van der Waals surface area contributed by atoms with Crippen molar-refractivity contribution in [1.82, 2.24) is 4.31 Å². The van der Waals surface area contributed by atoms with E-state index in [2.05, 4.69) is 15.9 Å². The topological polar surface area (TPSA) is 74.7 Å². The van der Waals surface area contributed by atoms with Gasteiger partial charge in [-0.1, -0.05) is 11.6 Å². The molecular weight excluding hydrogens is 382 g/mol. The van der Waals surface area contributed by atoms with Crippen LogP contribution in [0.2, 0.25) is 5.02 Å². The van der Waals surface area contributed by atoms with Crippen LogP contribution in [-0.2, 0) is 14.8 Å². The van der Waals surface area contributed by atoms with Gasteiger partial charge in [0.25, 0.3) is 0 Å². The third-order valence-electron chi connectivity index (χ3n) is 4.26. The molecule has 0 saturated carbocycles. The molecule has 0 radical (unpaired) electrons. The van der Waals surface area contributed by atoms with Gasteiger partial charge >= 0.3 is 5.97 Å². The van der Waals surface area contributed by atoms with E-state index in [1.165, 1.54) is 16.4 Å². The van der Waals surface area contributed by atoms with E-state index in [0.717, 1.165) is 6.42 Å². The fourth-order valence-corrected chi connectivity index (χ4v) is 5.77. The fourth-order valence-electron chi connectivity index (χ4n) is 3.34. The van der Waals surface area contributed by atoms with Crippen LogP contribution in [0.15, 0.2) is 27.6 Å². The molecule has 2 heterocycles. The predicted molar refractivity (Wildman–Crippen MR) is 80.7 cm³/mol. The van der Waals surface area contributed by atoms with E-state index < -0.39 is 28.0 Å². The first-order chi connectivity index (χ1) is 9.82. The molecule has 3 unspecified atom stereocenters. The van der Waals surface area contributed by atoms with Gasteiger partial charge in [-0.3, -0.25) is 4.79 Å². The largest absolute Gasteiger partial charge is 0.481 e. The zero-order valence-electron chi connectivity index (χ0n) is 10.9. The lowest BCUT2D eigenvalue weighted by atomic mass is 9.89. The van der Waals surface area contributed by atoms with Gasteiger partial charge in [-0.05, 0) is 53.4 Å². The molecule has 2 saturated heterocycles. The van der Waals surface area contributed by atoms with Crippen molar-refractivity contribution in [2.45, 2.75) is 36.2 Å². The summed E-state index contributed by atoms with van der Waals surface area (Å²) >= 11 is 9.20. The van der Waals surface area contributed by atoms with Crippen LogP contribution < -0.4 is 0 Å². The number of sulfonamides is 1. The minimum absolute atomic E-state index is 0.110. The Morgan fingerprint density at radius 2 is 2.10 bits per heavy atom. The molecule has 1 aromatic rings. The Labute approximate surface area is 136 Å². The van der Waals surface area contributed by atoms with Gasteiger partial charge in [-0.15, -0.1) is 0 Å². The minimum Gasteiger partial charge on any atom is -0.481 e. The highest BCUT2D eigenvalue weighted by molar-refractivity contribution is 9.10. The maximum Gasteiger partial charge on any atom is 0.308 e. The SMILES string of the molecule is O=C(O)C1CC2CCC1N2S(=O)(=O)c1ccc(Br)c(Cl)c1. The fraction of sp³-hybridized carbons (Fsp3) is 0.462. The zero-order chi connectivity index (χ0) is 15.4. The van der Waals surface area contributed by atoms with Crippen molar-refractivity contribution < 1.29 is 18.3 Å². The molecule has 114 valence electrons. The summed E-state index contributed by atoms with van der Waals surface area (Å²) < 4.78 is 27.6. The molecule has 0 aliphatic carbocycles. The molecule has 0 spiro atoms. The summed E-state index contributed by atoms with van der Waals surface area (Å²) in [6.07, 6.45) is 1.71. The molecule has 1 aromatic carbocycles. The maximum atomic E-state index is 12.8. The van der Waals surface area contributed by atoms with Crippen molar-refractivity contribution in [3.63, 3.8) is 0 Å². The summed E-state index contributed by atoms with van der Waals surface area (Å²) in [7, 11) is -3.72. The summed E-state index contributed by atoms with van der Waals surface area (Å²) in [6.45, 7) is 0. The molecule has 8 heteroatoms. The van der Waals surface area contributed by atoms with E-state index in [-0.39, 0.29) is 10.9 Å².